The van der Waals surface area contributed by atoms with Crippen LogP contribution in [-0.2, 0) is 4.74 Å². The lowest BCUT2D eigenvalue weighted by atomic mass is 9.79. The lowest BCUT2D eigenvalue weighted by molar-refractivity contribution is -0.0273. The SMILES string of the molecule is CCOC1CCC(C)(N2CCC(n3c(=O)[nH]c4ccc(Cl)cc43)CC2)CC1.Cl. The van der Waals surface area contributed by atoms with Gasteiger partial charge in [-0.25, -0.2) is 4.79 Å². The molecule has 2 aliphatic rings. The summed E-state index contributed by atoms with van der Waals surface area (Å²) in [6.45, 7) is 7.39. The van der Waals surface area contributed by atoms with Crippen LogP contribution < -0.4 is 5.69 Å². The fourth-order valence-electron chi connectivity index (χ4n) is 5.05. The second-order valence-corrected chi connectivity index (χ2v) is 8.77. The highest BCUT2D eigenvalue weighted by atomic mass is 35.5. The predicted octanol–water partition coefficient (Wildman–Crippen LogP) is 4.78. The van der Waals surface area contributed by atoms with Gasteiger partial charge in [0.25, 0.3) is 0 Å². The number of halogens is 2. The van der Waals surface area contributed by atoms with Crippen molar-refractivity contribution in [2.75, 3.05) is 19.7 Å². The first-order chi connectivity index (χ1) is 13.0. The molecule has 0 atom stereocenters. The van der Waals surface area contributed by atoms with Crippen LogP contribution in [-0.4, -0.2) is 45.8 Å². The third-order valence-electron chi connectivity index (χ3n) is 6.68. The standard InChI is InChI=1S/C21H30ClN3O2.ClH/c1-3-27-17-6-10-21(2,11-7-17)24-12-8-16(9-13-24)25-19-14-15(22)4-5-18(19)23-20(25)26;/h4-5,14,16-17H,3,6-13H2,1-2H3,(H,23,26);1H. The Labute approximate surface area is 177 Å². The number of H-pyrrole nitrogens is 1. The Hall–Kier alpha value is -1.01. The number of hydrogen-bond acceptors (Lipinski definition) is 3. The smallest absolute Gasteiger partial charge is 0.326 e. The molecule has 1 aliphatic heterocycles. The number of aromatic amines is 1. The summed E-state index contributed by atoms with van der Waals surface area (Å²) < 4.78 is 7.75. The van der Waals surface area contributed by atoms with E-state index in [1.54, 1.807) is 0 Å². The van der Waals surface area contributed by atoms with Crippen LogP contribution >= 0.6 is 24.0 Å². The Morgan fingerprint density at radius 1 is 1.21 bits per heavy atom. The Balaban J connectivity index is 0.00000225. The monoisotopic (exact) mass is 427 g/mol. The molecule has 4 rings (SSSR count). The number of nitrogens with zero attached hydrogens (tertiary/aromatic N) is 2. The molecule has 2 aromatic rings. The highest BCUT2D eigenvalue weighted by Gasteiger charge is 2.38. The molecule has 1 N–H and O–H groups in total. The predicted molar refractivity (Wildman–Crippen MR) is 117 cm³/mol. The molecule has 2 heterocycles. The topological polar surface area (TPSA) is 50.3 Å². The number of fused-ring (bicyclic) bond motifs is 1. The first kappa shape index (κ1) is 21.7. The maximum atomic E-state index is 12.5. The van der Waals surface area contributed by atoms with Gasteiger partial charge in [-0.1, -0.05) is 11.6 Å². The third-order valence-corrected chi connectivity index (χ3v) is 6.92. The van der Waals surface area contributed by atoms with Gasteiger partial charge in [-0.3, -0.25) is 9.47 Å². The maximum Gasteiger partial charge on any atom is 0.326 e. The van der Waals surface area contributed by atoms with E-state index in [0.29, 0.717) is 11.1 Å². The first-order valence-corrected chi connectivity index (χ1v) is 10.6. The van der Waals surface area contributed by atoms with Crippen molar-refractivity contribution >= 4 is 35.0 Å². The molecule has 1 aliphatic carbocycles. The lowest BCUT2D eigenvalue weighted by Crippen LogP contribution is -2.53. The highest BCUT2D eigenvalue weighted by Crippen LogP contribution is 2.38. The molecule has 0 spiro atoms. The number of nitrogens with one attached hydrogen (secondary N) is 1. The Bertz CT molecular complexity index is 847. The van der Waals surface area contributed by atoms with Gasteiger partial charge in [-0.2, -0.15) is 0 Å². The van der Waals surface area contributed by atoms with Gasteiger partial charge in [0.05, 0.1) is 17.1 Å². The summed E-state index contributed by atoms with van der Waals surface area (Å²) in [7, 11) is 0. The number of hydrogen-bond donors (Lipinski definition) is 1. The van der Waals surface area contributed by atoms with E-state index in [1.807, 2.05) is 22.8 Å². The number of likely N-dealkylation sites (tertiary alicyclic amines) is 1. The maximum absolute atomic E-state index is 12.5. The number of imidazole rings is 1. The quantitative estimate of drug-likeness (QED) is 0.763. The minimum absolute atomic E-state index is 0. The average molecular weight is 428 g/mol. The van der Waals surface area contributed by atoms with Gasteiger partial charge >= 0.3 is 5.69 Å². The zero-order valence-corrected chi connectivity index (χ0v) is 18.3. The van der Waals surface area contributed by atoms with Gasteiger partial charge in [-0.15, -0.1) is 12.4 Å². The zero-order valence-electron chi connectivity index (χ0n) is 16.7. The van der Waals surface area contributed by atoms with Gasteiger partial charge in [0.2, 0.25) is 0 Å². The number of piperidine rings is 1. The molecule has 0 amide bonds. The molecule has 5 nitrogen and oxygen atoms in total. The summed E-state index contributed by atoms with van der Waals surface area (Å²) in [4.78, 5) is 18.2. The molecule has 28 heavy (non-hydrogen) atoms. The molecule has 0 radical (unpaired) electrons. The molecule has 2 fully saturated rings. The van der Waals surface area contributed by atoms with E-state index in [1.165, 1.54) is 12.8 Å². The van der Waals surface area contributed by atoms with E-state index >= 15 is 0 Å². The molecular formula is C21H31Cl2N3O2. The lowest BCUT2D eigenvalue weighted by Gasteiger charge is -2.48. The van der Waals surface area contributed by atoms with E-state index in [9.17, 15) is 4.79 Å². The highest BCUT2D eigenvalue weighted by molar-refractivity contribution is 6.31. The van der Waals surface area contributed by atoms with Crippen LogP contribution in [0.5, 0.6) is 0 Å². The minimum atomic E-state index is -0.0193. The van der Waals surface area contributed by atoms with Crippen molar-refractivity contribution in [3.8, 4) is 0 Å². The summed E-state index contributed by atoms with van der Waals surface area (Å²) in [5.41, 5.74) is 2.05. The molecule has 0 unspecified atom stereocenters. The van der Waals surface area contributed by atoms with Crippen LogP contribution in [0.1, 0.15) is 58.4 Å². The second kappa shape index (κ2) is 8.78. The summed E-state index contributed by atoms with van der Waals surface area (Å²) >= 11 is 6.17. The fourth-order valence-corrected chi connectivity index (χ4v) is 5.22. The van der Waals surface area contributed by atoms with E-state index < -0.39 is 0 Å². The van der Waals surface area contributed by atoms with Crippen LogP contribution in [0.25, 0.3) is 11.0 Å². The number of aromatic nitrogens is 2. The van der Waals surface area contributed by atoms with Crippen molar-refractivity contribution in [1.82, 2.24) is 14.5 Å². The molecule has 1 aromatic carbocycles. The molecule has 1 aromatic heterocycles. The zero-order chi connectivity index (χ0) is 19.0. The van der Waals surface area contributed by atoms with Crippen LogP contribution in [0.4, 0.5) is 0 Å². The fraction of sp³-hybridized carbons (Fsp3) is 0.667. The summed E-state index contributed by atoms with van der Waals surface area (Å²) in [6.07, 6.45) is 7.16. The van der Waals surface area contributed by atoms with Crippen molar-refractivity contribution < 1.29 is 4.74 Å². The summed E-state index contributed by atoms with van der Waals surface area (Å²) in [6, 6.07) is 5.86. The van der Waals surface area contributed by atoms with Gasteiger partial charge in [0.1, 0.15) is 0 Å². The van der Waals surface area contributed by atoms with E-state index in [-0.39, 0.29) is 29.7 Å². The van der Waals surface area contributed by atoms with Crippen molar-refractivity contribution in [2.24, 2.45) is 0 Å². The molecular weight excluding hydrogens is 397 g/mol. The average Bonchev–Trinajstić information content (AvgIpc) is 2.99. The van der Waals surface area contributed by atoms with Gasteiger partial charge in [0, 0.05) is 36.3 Å². The molecule has 1 saturated carbocycles. The van der Waals surface area contributed by atoms with Gasteiger partial charge in [0.15, 0.2) is 0 Å². The first-order valence-electron chi connectivity index (χ1n) is 10.3. The van der Waals surface area contributed by atoms with Crippen molar-refractivity contribution in [2.45, 2.75) is 70.1 Å². The van der Waals surface area contributed by atoms with Gasteiger partial charge in [-0.05, 0) is 70.6 Å². The Morgan fingerprint density at radius 3 is 2.54 bits per heavy atom. The van der Waals surface area contributed by atoms with Crippen molar-refractivity contribution in [3.63, 3.8) is 0 Å². The van der Waals surface area contributed by atoms with Crippen LogP contribution in [0, 0.1) is 0 Å². The largest absolute Gasteiger partial charge is 0.379 e. The van der Waals surface area contributed by atoms with Crippen LogP contribution in [0.2, 0.25) is 5.02 Å². The van der Waals surface area contributed by atoms with Gasteiger partial charge < -0.3 is 9.72 Å². The van der Waals surface area contributed by atoms with Crippen LogP contribution in [0.3, 0.4) is 0 Å². The summed E-state index contributed by atoms with van der Waals surface area (Å²) in [5, 5.41) is 0.672. The second-order valence-electron chi connectivity index (χ2n) is 8.33. The van der Waals surface area contributed by atoms with E-state index in [0.717, 1.165) is 56.4 Å². The van der Waals surface area contributed by atoms with Crippen LogP contribution in [0.15, 0.2) is 23.0 Å². The summed E-state index contributed by atoms with van der Waals surface area (Å²) in [5.74, 6) is 0. The molecule has 0 bridgehead atoms. The van der Waals surface area contributed by atoms with E-state index in [4.69, 9.17) is 16.3 Å². The van der Waals surface area contributed by atoms with Crippen molar-refractivity contribution in [3.05, 3.63) is 33.7 Å². The number of benzene rings is 1. The third kappa shape index (κ3) is 4.13. The Kier molecular flexibility index (Phi) is 6.80. The normalized spacial score (nSPS) is 27.0. The number of rotatable bonds is 4. The molecule has 1 saturated heterocycles. The Morgan fingerprint density at radius 2 is 1.89 bits per heavy atom. The minimum Gasteiger partial charge on any atom is -0.379 e. The van der Waals surface area contributed by atoms with E-state index in [2.05, 4.69) is 23.7 Å². The molecule has 7 heteroatoms. The molecule has 156 valence electrons. The number of ether oxygens (including phenoxy) is 1. The van der Waals surface area contributed by atoms with Crippen molar-refractivity contribution in [1.29, 1.82) is 0 Å².